The van der Waals surface area contributed by atoms with E-state index in [0.717, 1.165) is 37.8 Å². The average Bonchev–Trinajstić information content (AvgIpc) is 3.26. The fourth-order valence-electron chi connectivity index (χ4n) is 3.76. The van der Waals surface area contributed by atoms with Crippen molar-refractivity contribution in [3.8, 4) is 0 Å². The molecule has 1 amide bonds. The van der Waals surface area contributed by atoms with Gasteiger partial charge < -0.3 is 4.90 Å². The summed E-state index contributed by atoms with van der Waals surface area (Å²) >= 11 is 5.17. The van der Waals surface area contributed by atoms with Crippen LogP contribution in [0, 0.1) is 27.7 Å². The topological polar surface area (TPSA) is 55.4 Å². The minimum atomic E-state index is -0.0215. The van der Waals surface area contributed by atoms with Crippen molar-refractivity contribution in [1.82, 2.24) is 24.1 Å². The van der Waals surface area contributed by atoms with Crippen LogP contribution in [-0.4, -0.2) is 37.0 Å². The van der Waals surface area contributed by atoms with E-state index in [1.54, 1.807) is 16.2 Å². The van der Waals surface area contributed by atoms with E-state index >= 15 is 0 Å². The van der Waals surface area contributed by atoms with Crippen LogP contribution in [0.25, 0.3) is 4.96 Å². The number of nitrogens with zero attached hydrogens (tertiary/aromatic N) is 5. The zero-order valence-corrected chi connectivity index (χ0v) is 20.1. The predicted molar refractivity (Wildman–Crippen MR) is 123 cm³/mol. The number of hydrogen-bond donors (Lipinski definition) is 0. The number of benzene rings is 1. The maximum Gasteiger partial charge on any atom is 0.257 e. The molecular weight excluding hydrogens is 462 g/mol. The number of imidazole rings is 1. The molecule has 0 bridgehead atoms. The van der Waals surface area contributed by atoms with Crippen LogP contribution in [0.5, 0.6) is 0 Å². The number of thiazole rings is 1. The lowest BCUT2D eigenvalue weighted by Gasteiger charge is -2.17. The molecule has 3 heterocycles. The van der Waals surface area contributed by atoms with Gasteiger partial charge >= 0.3 is 0 Å². The summed E-state index contributed by atoms with van der Waals surface area (Å²) in [6, 6.07) is 8.14. The van der Waals surface area contributed by atoms with Gasteiger partial charge in [0.1, 0.15) is 0 Å². The van der Waals surface area contributed by atoms with E-state index in [-0.39, 0.29) is 5.91 Å². The first-order chi connectivity index (χ1) is 14.2. The Morgan fingerprint density at radius 3 is 2.70 bits per heavy atom. The lowest BCUT2D eigenvalue weighted by atomic mass is 10.1. The van der Waals surface area contributed by atoms with E-state index in [4.69, 9.17) is 0 Å². The highest BCUT2D eigenvalue weighted by molar-refractivity contribution is 9.10. The molecule has 8 heteroatoms. The second-order valence-corrected chi connectivity index (χ2v) is 9.76. The van der Waals surface area contributed by atoms with Crippen LogP contribution in [0.3, 0.4) is 0 Å². The third-order valence-electron chi connectivity index (χ3n) is 5.29. The van der Waals surface area contributed by atoms with Crippen LogP contribution in [0.2, 0.25) is 0 Å². The van der Waals surface area contributed by atoms with Crippen LogP contribution in [0.1, 0.15) is 43.6 Å². The molecule has 0 atom stereocenters. The summed E-state index contributed by atoms with van der Waals surface area (Å²) in [5, 5.41) is 4.64. The van der Waals surface area contributed by atoms with Gasteiger partial charge in [0.15, 0.2) is 4.96 Å². The molecule has 4 aromatic rings. The van der Waals surface area contributed by atoms with Crippen LogP contribution < -0.4 is 0 Å². The molecule has 156 valence electrons. The Kier molecular flexibility index (Phi) is 5.55. The molecule has 0 aliphatic rings. The lowest BCUT2D eigenvalue weighted by molar-refractivity contribution is 0.0781. The first kappa shape index (κ1) is 20.8. The van der Waals surface area contributed by atoms with E-state index in [2.05, 4.69) is 55.7 Å². The highest BCUT2D eigenvalue weighted by Gasteiger charge is 2.23. The first-order valence-corrected chi connectivity index (χ1v) is 11.3. The minimum Gasteiger partial charge on any atom is -0.336 e. The van der Waals surface area contributed by atoms with E-state index in [0.29, 0.717) is 18.7 Å². The molecule has 0 saturated heterocycles. The summed E-state index contributed by atoms with van der Waals surface area (Å²) in [7, 11) is 1.84. The van der Waals surface area contributed by atoms with Gasteiger partial charge in [0.05, 0.1) is 35.7 Å². The van der Waals surface area contributed by atoms with Gasteiger partial charge in [-0.15, -0.1) is 11.3 Å². The van der Waals surface area contributed by atoms with Crippen LogP contribution in [0.4, 0.5) is 0 Å². The second kappa shape index (κ2) is 8.00. The fraction of sp³-hybridized carbons (Fsp3) is 0.318. The lowest BCUT2D eigenvalue weighted by Crippen LogP contribution is -2.28. The fourth-order valence-corrected chi connectivity index (χ4v) is 5.09. The molecule has 0 spiro atoms. The highest BCUT2D eigenvalue weighted by Crippen LogP contribution is 2.23. The molecule has 0 unspecified atom stereocenters. The maximum absolute atomic E-state index is 13.3. The number of halogens is 1. The summed E-state index contributed by atoms with van der Waals surface area (Å²) in [4.78, 5) is 21.9. The van der Waals surface area contributed by atoms with Gasteiger partial charge in [-0.05, 0) is 45.4 Å². The first-order valence-electron chi connectivity index (χ1n) is 9.72. The molecule has 0 radical (unpaired) electrons. The maximum atomic E-state index is 13.3. The smallest absolute Gasteiger partial charge is 0.257 e. The number of carbonyl (C=O) groups is 1. The highest BCUT2D eigenvalue weighted by atomic mass is 79.9. The van der Waals surface area contributed by atoms with Crippen LogP contribution in [-0.2, 0) is 13.1 Å². The average molecular weight is 486 g/mol. The normalized spacial score (nSPS) is 11.4. The number of hydrogen-bond acceptors (Lipinski definition) is 4. The summed E-state index contributed by atoms with van der Waals surface area (Å²) in [6.07, 6.45) is 2.08. The van der Waals surface area contributed by atoms with Gasteiger partial charge in [0, 0.05) is 28.3 Å². The number of aromatic nitrogens is 4. The van der Waals surface area contributed by atoms with Crippen molar-refractivity contribution in [2.24, 2.45) is 0 Å². The van der Waals surface area contributed by atoms with Gasteiger partial charge in [0.25, 0.3) is 5.91 Å². The summed E-state index contributed by atoms with van der Waals surface area (Å²) in [6.45, 7) is 9.05. The number of amides is 1. The van der Waals surface area contributed by atoms with Crippen molar-refractivity contribution in [1.29, 1.82) is 0 Å². The third kappa shape index (κ3) is 3.81. The van der Waals surface area contributed by atoms with Gasteiger partial charge in [0.2, 0.25) is 0 Å². The van der Waals surface area contributed by atoms with Crippen molar-refractivity contribution in [2.45, 2.75) is 40.8 Å². The molecule has 0 aliphatic carbocycles. The second-order valence-electron chi connectivity index (χ2n) is 7.63. The molecule has 6 nitrogen and oxygen atoms in total. The van der Waals surface area contributed by atoms with Gasteiger partial charge in [-0.25, -0.2) is 4.98 Å². The van der Waals surface area contributed by atoms with Crippen molar-refractivity contribution >= 4 is 38.1 Å². The molecule has 0 aliphatic heterocycles. The molecule has 3 aromatic heterocycles. The molecule has 0 fully saturated rings. The largest absolute Gasteiger partial charge is 0.336 e. The predicted octanol–water partition coefficient (Wildman–Crippen LogP) is 4.91. The zero-order valence-electron chi connectivity index (χ0n) is 17.7. The summed E-state index contributed by atoms with van der Waals surface area (Å²) < 4.78 is 5.03. The Morgan fingerprint density at radius 2 is 1.97 bits per heavy atom. The van der Waals surface area contributed by atoms with Gasteiger partial charge in [-0.1, -0.05) is 28.1 Å². The van der Waals surface area contributed by atoms with Crippen molar-refractivity contribution in [2.75, 3.05) is 7.05 Å². The van der Waals surface area contributed by atoms with Crippen molar-refractivity contribution in [3.63, 3.8) is 0 Å². The Balaban J connectivity index is 1.59. The molecular formula is C22H24BrN5OS. The van der Waals surface area contributed by atoms with Crippen LogP contribution >= 0.6 is 27.3 Å². The Bertz CT molecular complexity index is 1250. The number of rotatable bonds is 5. The van der Waals surface area contributed by atoms with Gasteiger partial charge in [-0.2, -0.15) is 5.10 Å². The van der Waals surface area contributed by atoms with E-state index in [9.17, 15) is 4.79 Å². The van der Waals surface area contributed by atoms with Gasteiger partial charge in [-0.3, -0.25) is 13.9 Å². The zero-order chi connectivity index (χ0) is 21.6. The molecule has 1 aromatic carbocycles. The third-order valence-corrected chi connectivity index (χ3v) is 6.68. The summed E-state index contributed by atoms with van der Waals surface area (Å²) in [5.41, 5.74) is 5.44. The minimum absolute atomic E-state index is 0.0215. The Morgan fingerprint density at radius 1 is 1.20 bits per heavy atom. The SMILES string of the molecule is Cc1cn2c(CN(C)C(=O)c3c(C)nn(Cc4cccc(Br)c4)c3C)c(C)nc2s1. The Labute approximate surface area is 188 Å². The number of aryl methyl sites for hydroxylation is 3. The number of fused-ring (bicyclic) bond motifs is 1. The monoisotopic (exact) mass is 485 g/mol. The summed E-state index contributed by atoms with van der Waals surface area (Å²) in [5.74, 6) is -0.0215. The molecule has 0 saturated carbocycles. The molecule has 0 N–H and O–H groups in total. The van der Waals surface area contributed by atoms with Crippen molar-refractivity contribution < 1.29 is 4.79 Å². The Hall–Kier alpha value is -2.45. The molecule has 30 heavy (non-hydrogen) atoms. The quantitative estimate of drug-likeness (QED) is 0.403. The van der Waals surface area contributed by atoms with E-state index in [1.165, 1.54) is 4.88 Å². The van der Waals surface area contributed by atoms with Crippen LogP contribution in [0.15, 0.2) is 34.9 Å². The number of carbonyl (C=O) groups excluding carboxylic acids is 1. The standard InChI is InChI=1S/C22H24BrN5OS/c1-13-10-27-19(14(2)24-22(27)30-13)12-26(5)21(29)20-15(3)25-28(16(20)4)11-17-7-6-8-18(23)9-17/h6-10H,11-12H2,1-5H3. The van der Waals surface area contributed by atoms with E-state index < -0.39 is 0 Å². The van der Waals surface area contributed by atoms with Crippen molar-refractivity contribution in [3.05, 3.63) is 73.7 Å². The molecule has 4 rings (SSSR count). The van der Waals surface area contributed by atoms with E-state index in [1.807, 2.05) is 44.6 Å².